The van der Waals surface area contributed by atoms with E-state index in [1.165, 1.54) is 10.4 Å². The second-order valence-electron chi connectivity index (χ2n) is 7.02. The molecule has 0 saturated carbocycles. The summed E-state index contributed by atoms with van der Waals surface area (Å²) in [7, 11) is 3.31. The maximum absolute atomic E-state index is 10.3. The second kappa shape index (κ2) is 9.03. The lowest BCUT2D eigenvalue weighted by atomic mass is 10.1. The van der Waals surface area contributed by atoms with Crippen molar-refractivity contribution in [1.82, 2.24) is 9.80 Å². The minimum Gasteiger partial charge on any atom is -0.508 e. The number of piperazine rings is 1. The van der Waals surface area contributed by atoms with Crippen LogP contribution in [-0.4, -0.2) is 41.1 Å². The van der Waals surface area contributed by atoms with Crippen molar-refractivity contribution >= 4 is 44.5 Å². The zero-order valence-electron chi connectivity index (χ0n) is 15.3. The molecule has 0 aliphatic carbocycles. The monoisotopic (exact) mass is 448 g/mol. The van der Waals surface area contributed by atoms with Crippen LogP contribution in [0.25, 0.3) is 10.4 Å². The van der Waals surface area contributed by atoms with E-state index in [2.05, 4.69) is 28.0 Å². The van der Waals surface area contributed by atoms with Crippen LogP contribution in [0.1, 0.15) is 11.1 Å². The number of aromatic hydroxyl groups is 1. The van der Waals surface area contributed by atoms with Gasteiger partial charge in [-0.3, -0.25) is 9.80 Å². The first kappa shape index (κ1) is 20.0. The van der Waals surface area contributed by atoms with Crippen LogP contribution in [0.3, 0.4) is 0 Å². The van der Waals surface area contributed by atoms with Gasteiger partial charge in [0.25, 0.3) is 0 Å². The number of phenols is 1. The molecule has 3 nitrogen and oxygen atoms in total. The average molecular weight is 449 g/mol. The molecule has 1 saturated heterocycles. The van der Waals surface area contributed by atoms with E-state index < -0.39 is 0 Å². The third-order valence-corrected chi connectivity index (χ3v) is 8.17. The van der Waals surface area contributed by atoms with Crippen molar-refractivity contribution in [3.8, 4) is 16.2 Å². The van der Waals surface area contributed by atoms with E-state index in [4.69, 9.17) is 23.8 Å². The van der Waals surface area contributed by atoms with E-state index in [9.17, 15) is 5.11 Å². The Labute approximate surface area is 182 Å². The summed E-state index contributed by atoms with van der Waals surface area (Å²) in [5.74, 6) is 0.367. The SMILES string of the molecule is Oc1ccc(-c2cc(=S)ss2)cc1CN1CCN(Cc2ccc(Cl)cc2)CC1. The average Bonchev–Trinajstić information content (AvgIpc) is 3.13. The Morgan fingerprint density at radius 3 is 2.21 bits per heavy atom. The fraction of sp³-hybridized carbons (Fsp3) is 0.286. The van der Waals surface area contributed by atoms with Gasteiger partial charge in [0.1, 0.15) is 9.57 Å². The molecule has 2 heterocycles. The lowest BCUT2D eigenvalue weighted by Gasteiger charge is -2.34. The van der Waals surface area contributed by atoms with Crippen LogP contribution in [0.2, 0.25) is 5.02 Å². The van der Waals surface area contributed by atoms with Gasteiger partial charge in [-0.2, -0.15) is 0 Å². The van der Waals surface area contributed by atoms with Crippen LogP contribution in [-0.2, 0) is 13.1 Å². The molecule has 0 unspecified atom stereocenters. The number of hydrogen-bond donors (Lipinski definition) is 1. The molecule has 3 aromatic rings. The molecule has 0 radical (unpaired) electrons. The summed E-state index contributed by atoms with van der Waals surface area (Å²) < 4.78 is 0.909. The molecule has 1 aliphatic rings. The molecule has 0 atom stereocenters. The number of hydrogen-bond acceptors (Lipinski definition) is 6. The molecular formula is C21H21ClN2OS3. The lowest BCUT2D eigenvalue weighted by Crippen LogP contribution is -2.45. The van der Waals surface area contributed by atoms with Gasteiger partial charge in [0.2, 0.25) is 0 Å². The summed E-state index contributed by atoms with van der Waals surface area (Å²) in [4.78, 5) is 6.05. The van der Waals surface area contributed by atoms with Crippen molar-refractivity contribution in [1.29, 1.82) is 0 Å². The van der Waals surface area contributed by atoms with Gasteiger partial charge in [0.15, 0.2) is 0 Å². The smallest absolute Gasteiger partial charge is 0.120 e. The number of nitrogens with zero attached hydrogens (tertiary/aromatic N) is 2. The molecule has 0 bridgehead atoms. The van der Waals surface area contributed by atoms with Gasteiger partial charge in [0, 0.05) is 54.7 Å². The van der Waals surface area contributed by atoms with Crippen molar-refractivity contribution in [2.75, 3.05) is 26.2 Å². The Bertz CT molecular complexity index is 991. The largest absolute Gasteiger partial charge is 0.508 e. The Morgan fingerprint density at radius 1 is 0.893 bits per heavy atom. The van der Waals surface area contributed by atoms with Crippen LogP contribution < -0.4 is 0 Å². The molecule has 1 aromatic heterocycles. The molecule has 7 heteroatoms. The van der Waals surface area contributed by atoms with Crippen LogP contribution in [0.4, 0.5) is 0 Å². The maximum Gasteiger partial charge on any atom is 0.120 e. The van der Waals surface area contributed by atoms with E-state index in [0.29, 0.717) is 5.75 Å². The quantitative estimate of drug-likeness (QED) is 0.389. The Morgan fingerprint density at radius 2 is 1.57 bits per heavy atom. The van der Waals surface area contributed by atoms with E-state index >= 15 is 0 Å². The molecule has 146 valence electrons. The number of benzene rings is 2. The summed E-state index contributed by atoms with van der Waals surface area (Å²) in [5.41, 5.74) is 3.40. The highest BCUT2D eigenvalue weighted by Gasteiger charge is 2.18. The summed E-state index contributed by atoms with van der Waals surface area (Å²) in [6, 6.07) is 16.0. The molecule has 28 heavy (non-hydrogen) atoms. The molecule has 1 N–H and O–H groups in total. The fourth-order valence-electron chi connectivity index (χ4n) is 3.43. The number of rotatable bonds is 5. The third kappa shape index (κ3) is 5.00. The first-order valence-electron chi connectivity index (χ1n) is 9.18. The molecule has 0 spiro atoms. The van der Waals surface area contributed by atoms with Crippen LogP contribution in [0, 0.1) is 3.82 Å². The minimum atomic E-state index is 0.367. The molecule has 0 amide bonds. The van der Waals surface area contributed by atoms with Gasteiger partial charge in [0.05, 0.1) is 0 Å². The zero-order valence-corrected chi connectivity index (χ0v) is 18.5. The van der Waals surface area contributed by atoms with Gasteiger partial charge >= 0.3 is 0 Å². The second-order valence-corrected chi connectivity index (χ2v) is 10.4. The Balaban J connectivity index is 1.36. The molecule has 1 aliphatic heterocycles. The minimum absolute atomic E-state index is 0.367. The van der Waals surface area contributed by atoms with Crippen molar-refractivity contribution < 1.29 is 5.11 Å². The highest BCUT2D eigenvalue weighted by atomic mass is 35.5. The number of phenolic OH excluding ortho intramolecular Hbond substituents is 1. The molecular weight excluding hydrogens is 428 g/mol. The Hall–Kier alpha value is -1.28. The van der Waals surface area contributed by atoms with Gasteiger partial charge in [-0.1, -0.05) is 56.6 Å². The molecule has 4 rings (SSSR count). The zero-order chi connectivity index (χ0) is 19.5. The van der Waals surface area contributed by atoms with Crippen molar-refractivity contribution in [3.63, 3.8) is 0 Å². The highest BCUT2D eigenvalue weighted by Crippen LogP contribution is 2.32. The standard InChI is InChI=1S/C21H21ClN2OS3/c22-18-4-1-15(2-5-18)13-23-7-9-24(10-8-23)14-17-11-16(3-6-19(17)25)20-12-21(26)28-27-20/h1-6,11-12,25H,7-10,13-14H2. The van der Waals surface area contributed by atoms with E-state index in [1.807, 2.05) is 24.3 Å². The molecule has 2 aromatic carbocycles. The number of halogens is 1. The summed E-state index contributed by atoms with van der Waals surface area (Å²) in [5, 5.41) is 11.1. The summed E-state index contributed by atoms with van der Waals surface area (Å²) >= 11 is 11.2. The van der Waals surface area contributed by atoms with Gasteiger partial charge < -0.3 is 5.11 Å². The van der Waals surface area contributed by atoms with Gasteiger partial charge in [-0.05, 0) is 47.5 Å². The topological polar surface area (TPSA) is 26.7 Å². The van der Waals surface area contributed by atoms with E-state index in [-0.39, 0.29) is 0 Å². The van der Waals surface area contributed by atoms with Crippen molar-refractivity contribution in [2.45, 2.75) is 13.1 Å². The summed E-state index contributed by atoms with van der Waals surface area (Å²) in [6.07, 6.45) is 0. The van der Waals surface area contributed by atoms with E-state index in [1.54, 1.807) is 26.7 Å². The van der Waals surface area contributed by atoms with Crippen molar-refractivity contribution in [2.24, 2.45) is 0 Å². The lowest BCUT2D eigenvalue weighted by molar-refractivity contribution is 0.121. The van der Waals surface area contributed by atoms with Crippen LogP contribution in [0.5, 0.6) is 5.75 Å². The summed E-state index contributed by atoms with van der Waals surface area (Å²) in [6.45, 7) is 5.76. The normalized spacial score (nSPS) is 15.8. The predicted octanol–water partition coefficient (Wildman–Crippen LogP) is 5.88. The maximum atomic E-state index is 10.3. The van der Waals surface area contributed by atoms with Crippen molar-refractivity contribution in [3.05, 3.63) is 68.5 Å². The van der Waals surface area contributed by atoms with Gasteiger partial charge in [-0.25, -0.2) is 0 Å². The first-order valence-corrected chi connectivity index (χ1v) is 12.1. The highest BCUT2D eigenvalue weighted by molar-refractivity contribution is 7.80. The fourth-order valence-corrected chi connectivity index (χ4v) is 5.95. The Kier molecular flexibility index (Phi) is 6.45. The predicted molar refractivity (Wildman–Crippen MR) is 122 cm³/mol. The molecule has 1 fully saturated rings. The van der Waals surface area contributed by atoms with Crippen LogP contribution in [0.15, 0.2) is 48.5 Å². The van der Waals surface area contributed by atoms with Crippen LogP contribution >= 0.6 is 44.5 Å². The van der Waals surface area contributed by atoms with E-state index in [0.717, 1.165) is 59.2 Å². The first-order chi connectivity index (χ1) is 13.6. The third-order valence-electron chi connectivity index (χ3n) is 5.00. The van der Waals surface area contributed by atoms with Gasteiger partial charge in [-0.15, -0.1) is 0 Å².